The molecule has 7 heteroatoms. The van der Waals surface area contributed by atoms with Crippen LogP contribution in [0.1, 0.15) is 27.5 Å². The van der Waals surface area contributed by atoms with Crippen molar-refractivity contribution in [2.24, 2.45) is 0 Å². The van der Waals surface area contributed by atoms with Crippen molar-refractivity contribution in [3.8, 4) is 11.5 Å². The predicted molar refractivity (Wildman–Crippen MR) is 113 cm³/mol. The van der Waals surface area contributed by atoms with Gasteiger partial charge in [-0.15, -0.1) is 0 Å². The van der Waals surface area contributed by atoms with E-state index in [4.69, 9.17) is 21.1 Å². The lowest BCUT2D eigenvalue weighted by atomic mass is 9.98. The maximum atomic E-state index is 12.6. The summed E-state index contributed by atoms with van der Waals surface area (Å²) in [6.45, 7) is -0.0292. The molecule has 6 nitrogen and oxygen atoms in total. The predicted octanol–water partition coefficient (Wildman–Crippen LogP) is 3.70. The van der Waals surface area contributed by atoms with Crippen LogP contribution in [0.2, 0.25) is 5.02 Å². The summed E-state index contributed by atoms with van der Waals surface area (Å²) in [6, 6.07) is 21.4. The third kappa shape index (κ3) is 4.55. The number of halogens is 1. The van der Waals surface area contributed by atoms with Gasteiger partial charge >= 0.3 is 0 Å². The van der Waals surface area contributed by atoms with Gasteiger partial charge in [-0.2, -0.15) is 0 Å². The second-order valence-corrected chi connectivity index (χ2v) is 7.15. The number of nitrogens with one attached hydrogen (secondary N) is 2. The molecular weight excluding hydrogens is 404 g/mol. The molecule has 0 bridgehead atoms. The summed E-state index contributed by atoms with van der Waals surface area (Å²) in [5, 5.41) is 6.23. The zero-order chi connectivity index (χ0) is 20.9. The zero-order valence-electron chi connectivity index (χ0n) is 15.9. The van der Waals surface area contributed by atoms with Crippen molar-refractivity contribution in [3.63, 3.8) is 0 Å². The Kier molecular flexibility index (Phi) is 5.86. The Morgan fingerprint density at radius 2 is 1.60 bits per heavy atom. The second kappa shape index (κ2) is 8.88. The fourth-order valence-corrected chi connectivity index (χ4v) is 3.30. The molecule has 152 valence electrons. The molecule has 1 atom stereocenters. The van der Waals surface area contributed by atoms with Crippen molar-refractivity contribution in [1.82, 2.24) is 10.6 Å². The van der Waals surface area contributed by atoms with Gasteiger partial charge < -0.3 is 20.1 Å². The third-order valence-electron chi connectivity index (χ3n) is 4.69. The standard InChI is InChI=1S/C23H19ClN2O4/c24-18-9-6-16(7-10-18)22(15-4-2-1-3-5-15)26-21(27)13-25-23(28)17-8-11-19-20(12-17)30-14-29-19/h1-12,22H,13-14H2,(H,25,28)(H,26,27). The van der Waals surface area contributed by atoms with Crippen LogP contribution in [-0.2, 0) is 4.79 Å². The molecule has 0 saturated carbocycles. The van der Waals surface area contributed by atoms with Gasteiger partial charge in [0.1, 0.15) is 0 Å². The van der Waals surface area contributed by atoms with E-state index in [-0.39, 0.29) is 31.2 Å². The molecule has 0 fully saturated rings. The summed E-state index contributed by atoms with van der Waals surface area (Å²) in [5.41, 5.74) is 2.21. The minimum absolute atomic E-state index is 0.133. The molecule has 30 heavy (non-hydrogen) atoms. The molecular formula is C23H19ClN2O4. The topological polar surface area (TPSA) is 76.7 Å². The Labute approximate surface area is 178 Å². The van der Waals surface area contributed by atoms with E-state index >= 15 is 0 Å². The van der Waals surface area contributed by atoms with Crippen LogP contribution in [0, 0.1) is 0 Å². The number of rotatable bonds is 6. The van der Waals surface area contributed by atoms with Crippen LogP contribution < -0.4 is 20.1 Å². The lowest BCUT2D eigenvalue weighted by Crippen LogP contribution is -2.39. The fourth-order valence-electron chi connectivity index (χ4n) is 3.17. The van der Waals surface area contributed by atoms with Crippen LogP contribution in [-0.4, -0.2) is 25.2 Å². The molecule has 3 aromatic carbocycles. The van der Waals surface area contributed by atoms with Gasteiger partial charge in [0.25, 0.3) is 5.91 Å². The van der Waals surface area contributed by atoms with Crippen LogP contribution in [0.15, 0.2) is 72.8 Å². The van der Waals surface area contributed by atoms with Crippen molar-refractivity contribution >= 4 is 23.4 Å². The quantitative estimate of drug-likeness (QED) is 0.635. The highest BCUT2D eigenvalue weighted by molar-refractivity contribution is 6.30. The summed E-state index contributed by atoms with van der Waals surface area (Å²) >= 11 is 5.99. The first-order chi connectivity index (χ1) is 14.6. The average Bonchev–Trinajstić information content (AvgIpc) is 3.25. The van der Waals surface area contributed by atoms with Gasteiger partial charge in [-0.05, 0) is 41.5 Å². The van der Waals surface area contributed by atoms with Gasteiger partial charge in [0, 0.05) is 10.6 Å². The Hall–Kier alpha value is -3.51. The monoisotopic (exact) mass is 422 g/mol. The number of benzene rings is 3. The minimum Gasteiger partial charge on any atom is -0.454 e. The Balaban J connectivity index is 1.42. The summed E-state index contributed by atoms with van der Waals surface area (Å²) in [4.78, 5) is 25.0. The van der Waals surface area contributed by atoms with E-state index < -0.39 is 0 Å². The molecule has 0 aliphatic carbocycles. The van der Waals surface area contributed by atoms with Gasteiger partial charge in [-0.25, -0.2) is 0 Å². The van der Waals surface area contributed by atoms with E-state index in [0.717, 1.165) is 11.1 Å². The largest absolute Gasteiger partial charge is 0.454 e. The summed E-state index contributed by atoms with van der Waals surface area (Å²) in [6.07, 6.45) is 0. The van der Waals surface area contributed by atoms with E-state index in [2.05, 4.69) is 10.6 Å². The fraction of sp³-hybridized carbons (Fsp3) is 0.130. The maximum Gasteiger partial charge on any atom is 0.251 e. The van der Waals surface area contributed by atoms with Crippen LogP contribution in [0.25, 0.3) is 0 Å². The van der Waals surface area contributed by atoms with Crippen molar-refractivity contribution in [2.45, 2.75) is 6.04 Å². The van der Waals surface area contributed by atoms with E-state index in [1.165, 1.54) is 0 Å². The van der Waals surface area contributed by atoms with Gasteiger partial charge in [-0.3, -0.25) is 9.59 Å². The van der Waals surface area contributed by atoms with Crippen LogP contribution in [0.3, 0.4) is 0 Å². The number of hydrogen-bond acceptors (Lipinski definition) is 4. The minimum atomic E-state index is -0.369. The lowest BCUT2D eigenvalue weighted by Gasteiger charge is -2.20. The Morgan fingerprint density at radius 1 is 0.900 bits per heavy atom. The first-order valence-electron chi connectivity index (χ1n) is 9.38. The van der Waals surface area contributed by atoms with Crippen molar-refractivity contribution in [3.05, 3.63) is 94.5 Å². The molecule has 1 unspecified atom stereocenters. The molecule has 0 saturated heterocycles. The van der Waals surface area contributed by atoms with Crippen LogP contribution >= 0.6 is 11.6 Å². The first kappa shape index (κ1) is 19.8. The zero-order valence-corrected chi connectivity index (χ0v) is 16.7. The first-order valence-corrected chi connectivity index (χ1v) is 9.75. The molecule has 2 N–H and O–H groups in total. The SMILES string of the molecule is O=C(CNC(=O)c1ccc2c(c1)OCO2)NC(c1ccccc1)c1ccc(Cl)cc1. The highest BCUT2D eigenvalue weighted by atomic mass is 35.5. The normalized spacial score (nSPS) is 12.8. The molecule has 4 rings (SSSR count). The number of amides is 2. The molecule has 2 amide bonds. The molecule has 1 heterocycles. The van der Waals surface area contributed by atoms with Crippen molar-refractivity contribution < 1.29 is 19.1 Å². The van der Waals surface area contributed by atoms with Gasteiger partial charge in [0.15, 0.2) is 11.5 Å². The van der Waals surface area contributed by atoms with Crippen molar-refractivity contribution in [1.29, 1.82) is 0 Å². The maximum absolute atomic E-state index is 12.6. The number of carbonyl (C=O) groups is 2. The molecule has 0 radical (unpaired) electrons. The Morgan fingerprint density at radius 3 is 2.37 bits per heavy atom. The van der Waals surface area contributed by atoms with Crippen LogP contribution in [0.5, 0.6) is 11.5 Å². The van der Waals surface area contributed by atoms with Gasteiger partial charge in [-0.1, -0.05) is 54.1 Å². The van der Waals surface area contributed by atoms with E-state index in [1.54, 1.807) is 30.3 Å². The smallest absolute Gasteiger partial charge is 0.251 e. The third-order valence-corrected chi connectivity index (χ3v) is 4.94. The molecule has 0 aromatic heterocycles. The van der Waals surface area contributed by atoms with Gasteiger partial charge in [0.2, 0.25) is 12.7 Å². The second-order valence-electron chi connectivity index (χ2n) is 6.71. The highest BCUT2D eigenvalue weighted by Gasteiger charge is 2.19. The number of carbonyl (C=O) groups excluding carboxylic acids is 2. The molecule has 3 aromatic rings. The highest BCUT2D eigenvalue weighted by Crippen LogP contribution is 2.32. The van der Waals surface area contributed by atoms with Gasteiger partial charge in [0.05, 0.1) is 12.6 Å². The molecule has 1 aliphatic rings. The lowest BCUT2D eigenvalue weighted by molar-refractivity contribution is -0.120. The summed E-state index contributed by atoms with van der Waals surface area (Å²) in [7, 11) is 0. The summed E-state index contributed by atoms with van der Waals surface area (Å²) < 4.78 is 10.5. The Bertz CT molecular complexity index is 1050. The average molecular weight is 423 g/mol. The van der Waals surface area contributed by atoms with Crippen molar-refractivity contribution in [2.75, 3.05) is 13.3 Å². The number of ether oxygens (including phenoxy) is 2. The van der Waals surface area contributed by atoms with Crippen LogP contribution in [0.4, 0.5) is 0 Å². The van der Waals surface area contributed by atoms with E-state index in [1.807, 2.05) is 42.5 Å². The summed E-state index contributed by atoms with van der Waals surface area (Å²) in [5.74, 6) is 0.427. The van der Waals surface area contributed by atoms with E-state index in [9.17, 15) is 9.59 Å². The molecule has 1 aliphatic heterocycles. The number of hydrogen-bond donors (Lipinski definition) is 2. The molecule has 0 spiro atoms. The number of fused-ring (bicyclic) bond motifs is 1. The van der Waals surface area contributed by atoms with E-state index in [0.29, 0.717) is 22.1 Å².